The highest BCUT2D eigenvalue weighted by molar-refractivity contribution is 6.32. The topological polar surface area (TPSA) is 30.3 Å². The van der Waals surface area contributed by atoms with Crippen LogP contribution in [-0.4, -0.2) is 31.1 Å². The average molecular weight is 412 g/mol. The van der Waals surface area contributed by atoms with Crippen molar-refractivity contribution in [3.8, 4) is 6.07 Å². The third-order valence-electron chi connectivity index (χ3n) is 4.94. The van der Waals surface area contributed by atoms with Gasteiger partial charge in [-0.1, -0.05) is 23.7 Å². The Bertz CT molecular complexity index is 907. The maximum atomic E-state index is 14.6. The summed E-state index contributed by atoms with van der Waals surface area (Å²) in [7, 11) is 1.95. The van der Waals surface area contributed by atoms with Gasteiger partial charge in [-0.2, -0.15) is 18.4 Å². The number of anilines is 1. The molecule has 1 aliphatic rings. The summed E-state index contributed by atoms with van der Waals surface area (Å²) in [5.74, 6) is -1.26. The van der Waals surface area contributed by atoms with Crippen molar-refractivity contribution in [2.75, 3.05) is 25.0 Å². The van der Waals surface area contributed by atoms with Crippen molar-refractivity contribution in [3.05, 3.63) is 63.9 Å². The molecule has 0 aliphatic carbocycles. The predicted octanol–water partition coefficient (Wildman–Crippen LogP) is 5.08. The predicted molar refractivity (Wildman–Crippen MR) is 99.7 cm³/mol. The van der Waals surface area contributed by atoms with Crippen LogP contribution in [0, 0.1) is 17.1 Å². The summed E-state index contributed by atoms with van der Waals surface area (Å²) in [6, 6.07) is 10.1. The van der Waals surface area contributed by atoms with Gasteiger partial charge < -0.3 is 9.80 Å². The van der Waals surface area contributed by atoms with Gasteiger partial charge in [0.2, 0.25) is 0 Å². The Labute approximate surface area is 165 Å². The standard InChI is InChI=1S/C20H18ClF4N3/c1-27-8-7-16(12-27)28(15-6-5-13(10-26)18(21)9-15)11-14-3-2-4-17(19(14)22)20(23,24)25/h2-6,9,16H,7-8,11-12H2,1H3/t16-/m0/s1. The van der Waals surface area contributed by atoms with Gasteiger partial charge in [0.1, 0.15) is 11.9 Å². The lowest BCUT2D eigenvalue weighted by Crippen LogP contribution is -2.37. The Kier molecular flexibility index (Phi) is 5.82. The number of hydrogen-bond acceptors (Lipinski definition) is 3. The van der Waals surface area contributed by atoms with E-state index in [1.54, 1.807) is 18.2 Å². The molecule has 2 aromatic carbocycles. The Morgan fingerprint density at radius 1 is 1.29 bits per heavy atom. The van der Waals surface area contributed by atoms with Crippen molar-refractivity contribution >= 4 is 17.3 Å². The lowest BCUT2D eigenvalue weighted by Gasteiger charge is -2.32. The van der Waals surface area contributed by atoms with Gasteiger partial charge in [-0.05, 0) is 44.3 Å². The number of nitriles is 1. The molecule has 0 N–H and O–H groups in total. The monoisotopic (exact) mass is 411 g/mol. The second-order valence-electron chi connectivity index (χ2n) is 6.89. The van der Waals surface area contributed by atoms with E-state index in [9.17, 15) is 17.6 Å². The lowest BCUT2D eigenvalue weighted by molar-refractivity contribution is -0.140. The van der Waals surface area contributed by atoms with Crippen molar-refractivity contribution in [1.82, 2.24) is 4.90 Å². The van der Waals surface area contributed by atoms with Gasteiger partial charge in [0.15, 0.2) is 0 Å². The molecule has 0 amide bonds. The first-order valence-electron chi connectivity index (χ1n) is 8.70. The van der Waals surface area contributed by atoms with Crippen LogP contribution in [0.2, 0.25) is 5.02 Å². The Hall–Kier alpha value is -2.30. The van der Waals surface area contributed by atoms with Gasteiger partial charge >= 0.3 is 6.18 Å². The first-order chi connectivity index (χ1) is 13.2. The molecule has 1 atom stereocenters. The quantitative estimate of drug-likeness (QED) is 0.657. The van der Waals surface area contributed by atoms with Crippen molar-refractivity contribution in [3.63, 3.8) is 0 Å². The van der Waals surface area contributed by atoms with E-state index in [0.717, 1.165) is 19.0 Å². The summed E-state index contributed by atoms with van der Waals surface area (Å²) in [4.78, 5) is 3.96. The smallest absolute Gasteiger partial charge is 0.363 e. The van der Waals surface area contributed by atoms with Crippen molar-refractivity contribution in [1.29, 1.82) is 5.26 Å². The molecule has 0 unspecified atom stereocenters. The maximum absolute atomic E-state index is 14.6. The van der Waals surface area contributed by atoms with Crippen LogP contribution in [0.3, 0.4) is 0 Å². The molecule has 0 radical (unpaired) electrons. The second kappa shape index (κ2) is 7.98. The molecule has 0 bridgehead atoms. The van der Waals surface area contributed by atoms with Crippen LogP contribution in [0.4, 0.5) is 23.2 Å². The highest BCUT2D eigenvalue weighted by Gasteiger charge is 2.35. The molecule has 0 spiro atoms. The van der Waals surface area contributed by atoms with E-state index in [4.69, 9.17) is 16.9 Å². The summed E-state index contributed by atoms with van der Waals surface area (Å²) >= 11 is 6.15. The molecule has 1 saturated heterocycles. The number of nitrogens with zero attached hydrogens (tertiary/aromatic N) is 3. The lowest BCUT2D eigenvalue weighted by atomic mass is 10.1. The normalized spacial score (nSPS) is 17.5. The zero-order chi connectivity index (χ0) is 20.5. The number of halogens is 5. The summed E-state index contributed by atoms with van der Waals surface area (Å²) in [5.41, 5.74) is -0.364. The summed E-state index contributed by atoms with van der Waals surface area (Å²) < 4.78 is 53.8. The van der Waals surface area contributed by atoms with Gasteiger partial charge in [-0.25, -0.2) is 4.39 Å². The van der Waals surface area contributed by atoms with Crippen LogP contribution in [0.1, 0.15) is 23.1 Å². The summed E-state index contributed by atoms with van der Waals surface area (Å²) in [5, 5.41) is 9.31. The van der Waals surface area contributed by atoms with Gasteiger partial charge in [0.25, 0.3) is 0 Å². The third-order valence-corrected chi connectivity index (χ3v) is 5.25. The third kappa shape index (κ3) is 4.23. The number of benzene rings is 2. The molecule has 8 heteroatoms. The molecule has 0 aromatic heterocycles. The maximum Gasteiger partial charge on any atom is 0.419 e. The molecule has 3 rings (SSSR count). The number of rotatable bonds is 4. The van der Waals surface area contributed by atoms with E-state index >= 15 is 0 Å². The molecular formula is C20H18ClF4N3. The van der Waals surface area contributed by atoms with Crippen molar-refractivity contribution in [2.45, 2.75) is 25.2 Å². The van der Waals surface area contributed by atoms with E-state index < -0.39 is 17.6 Å². The number of alkyl halides is 3. The first-order valence-corrected chi connectivity index (χ1v) is 9.08. The molecule has 3 nitrogen and oxygen atoms in total. The van der Waals surface area contributed by atoms with Crippen LogP contribution in [0.15, 0.2) is 36.4 Å². The van der Waals surface area contributed by atoms with E-state index in [0.29, 0.717) is 17.8 Å². The minimum atomic E-state index is -4.75. The van der Waals surface area contributed by atoms with Crippen LogP contribution in [0.5, 0.6) is 0 Å². The molecule has 1 aliphatic heterocycles. The zero-order valence-electron chi connectivity index (χ0n) is 15.1. The number of likely N-dealkylation sites (N-methyl/N-ethyl adjacent to an activating group) is 1. The molecule has 28 heavy (non-hydrogen) atoms. The average Bonchev–Trinajstić information content (AvgIpc) is 3.06. The van der Waals surface area contributed by atoms with E-state index in [1.807, 2.05) is 18.0 Å². The minimum absolute atomic E-state index is 0.0112. The Morgan fingerprint density at radius 2 is 2.04 bits per heavy atom. The molecule has 1 heterocycles. The molecule has 0 saturated carbocycles. The van der Waals surface area contributed by atoms with Gasteiger partial charge in [-0.3, -0.25) is 0 Å². The molecule has 1 fully saturated rings. The van der Waals surface area contributed by atoms with Gasteiger partial charge in [0, 0.05) is 30.4 Å². The van der Waals surface area contributed by atoms with E-state index in [-0.39, 0.29) is 23.2 Å². The fraction of sp³-hybridized carbons (Fsp3) is 0.350. The van der Waals surface area contributed by atoms with Crippen molar-refractivity contribution < 1.29 is 17.6 Å². The Morgan fingerprint density at radius 3 is 2.61 bits per heavy atom. The van der Waals surface area contributed by atoms with Crippen LogP contribution in [0.25, 0.3) is 0 Å². The minimum Gasteiger partial charge on any atom is -0.363 e. The zero-order valence-corrected chi connectivity index (χ0v) is 15.9. The fourth-order valence-corrected chi connectivity index (χ4v) is 3.69. The first kappa shape index (κ1) is 20.4. The van der Waals surface area contributed by atoms with E-state index in [1.165, 1.54) is 12.1 Å². The van der Waals surface area contributed by atoms with Gasteiger partial charge in [0.05, 0.1) is 16.1 Å². The fourth-order valence-electron chi connectivity index (χ4n) is 3.48. The van der Waals surface area contributed by atoms with E-state index in [2.05, 4.69) is 4.90 Å². The van der Waals surface area contributed by atoms with Crippen LogP contribution >= 0.6 is 11.6 Å². The molecule has 2 aromatic rings. The van der Waals surface area contributed by atoms with Crippen LogP contribution in [-0.2, 0) is 12.7 Å². The highest BCUT2D eigenvalue weighted by atomic mass is 35.5. The second-order valence-corrected chi connectivity index (χ2v) is 7.29. The SMILES string of the molecule is CN1CC[C@H](N(Cc2cccc(C(F)(F)F)c2F)c2ccc(C#N)c(Cl)c2)C1. The molecule has 148 valence electrons. The number of hydrogen-bond donors (Lipinski definition) is 0. The number of likely N-dealkylation sites (tertiary alicyclic amines) is 1. The molecular weight excluding hydrogens is 394 g/mol. The van der Waals surface area contributed by atoms with Crippen molar-refractivity contribution in [2.24, 2.45) is 0 Å². The van der Waals surface area contributed by atoms with Gasteiger partial charge in [-0.15, -0.1) is 0 Å². The largest absolute Gasteiger partial charge is 0.419 e. The summed E-state index contributed by atoms with van der Waals surface area (Å²) in [6.07, 6.45) is -3.97. The van der Waals surface area contributed by atoms with Crippen LogP contribution < -0.4 is 4.90 Å². The highest BCUT2D eigenvalue weighted by Crippen LogP contribution is 2.34. The Balaban J connectivity index is 2.00. The summed E-state index contributed by atoms with van der Waals surface area (Å²) in [6.45, 7) is 1.49.